The van der Waals surface area contributed by atoms with E-state index in [1.54, 1.807) is 5.56 Å². The van der Waals surface area contributed by atoms with Crippen LogP contribution in [0.2, 0.25) is 0 Å². The zero-order chi connectivity index (χ0) is 15.9. The number of rotatable bonds is 3. The van der Waals surface area contributed by atoms with Crippen LogP contribution in [0.3, 0.4) is 0 Å². The number of nitrogens with one attached hydrogen (secondary N) is 1. The van der Waals surface area contributed by atoms with E-state index in [0.29, 0.717) is 6.04 Å². The molecule has 0 spiro atoms. The van der Waals surface area contributed by atoms with Crippen molar-refractivity contribution in [1.29, 1.82) is 0 Å². The first-order chi connectivity index (χ1) is 11.9. The summed E-state index contributed by atoms with van der Waals surface area (Å²) in [5.41, 5.74) is 6.79. The number of hydrogen-bond acceptors (Lipinski definition) is 3. The van der Waals surface area contributed by atoms with E-state index in [9.17, 15) is 0 Å². The molecule has 1 atom stereocenters. The van der Waals surface area contributed by atoms with Crippen LogP contribution in [0.5, 0.6) is 0 Å². The summed E-state index contributed by atoms with van der Waals surface area (Å²) < 4.78 is 0. The Bertz CT molecular complexity index is 868. The highest BCUT2D eigenvalue weighted by Gasteiger charge is 2.33. The molecule has 24 heavy (non-hydrogen) atoms. The summed E-state index contributed by atoms with van der Waals surface area (Å²) in [6, 6.07) is 7.02. The van der Waals surface area contributed by atoms with Crippen LogP contribution < -0.4 is 0 Å². The summed E-state index contributed by atoms with van der Waals surface area (Å²) in [6.07, 6.45) is 11.5. The Hall–Kier alpha value is -2.20. The molecule has 122 valence electrons. The second-order valence-corrected chi connectivity index (χ2v) is 7.00. The SMILES string of the molecule is c1cc(CCc2nccc3c4c([nH]c23)CCN2CCCC42)ccn1. The number of aromatic amines is 1. The summed E-state index contributed by atoms with van der Waals surface area (Å²) in [7, 11) is 0. The van der Waals surface area contributed by atoms with E-state index in [4.69, 9.17) is 4.98 Å². The third-order valence-corrected chi connectivity index (χ3v) is 5.67. The summed E-state index contributed by atoms with van der Waals surface area (Å²) in [6.45, 7) is 2.46. The number of H-pyrrole nitrogens is 1. The maximum atomic E-state index is 4.69. The lowest BCUT2D eigenvalue weighted by atomic mass is 9.96. The molecule has 0 aliphatic carbocycles. The third-order valence-electron chi connectivity index (χ3n) is 5.67. The smallest absolute Gasteiger partial charge is 0.0678 e. The molecule has 0 saturated carbocycles. The van der Waals surface area contributed by atoms with E-state index < -0.39 is 0 Å². The van der Waals surface area contributed by atoms with Gasteiger partial charge in [0.2, 0.25) is 0 Å². The minimum absolute atomic E-state index is 0.623. The van der Waals surface area contributed by atoms with Crippen LogP contribution in [0.15, 0.2) is 36.8 Å². The second kappa shape index (κ2) is 5.71. The van der Waals surface area contributed by atoms with Gasteiger partial charge in [-0.25, -0.2) is 0 Å². The van der Waals surface area contributed by atoms with Gasteiger partial charge in [0.1, 0.15) is 0 Å². The molecule has 1 unspecified atom stereocenters. The Kier molecular flexibility index (Phi) is 3.37. The molecule has 2 aliphatic heterocycles. The molecule has 3 aromatic heterocycles. The van der Waals surface area contributed by atoms with Gasteiger partial charge in [0.15, 0.2) is 0 Å². The minimum Gasteiger partial charge on any atom is -0.357 e. The fraction of sp³-hybridized carbons (Fsp3) is 0.400. The van der Waals surface area contributed by atoms with Gasteiger partial charge < -0.3 is 4.98 Å². The van der Waals surface area contributed by atoms with Gasteiger partial charge in [-0.05, 0) is 61.6 Å². The maximum absolute atomic E-state index is 4.69. The predicted octanol–water partition coefficient (Wildman–Crippen LogP) is 3.44. The van der Waals surface area contributed by atoms with Gasteiger partial charge in [-0.2, -0.15) is 0 Å². The summed E-state index contributed by atoms with van der Waals surface area (Å²) in [5.74, 6) is 0. The van der Waals surface area contributed by atoms with Crippen LogP contribution in [0, 0.1) is 0 Å². The van der Waals surface area contributed by atoms with E-state index in [0.717, 1.165) is 19.3 Å². The molecule has 4 heteroatoms. The van der Waals surface area contributed by atoms with Gasteiger partial charge in [0.25, 0.3) is 0 Å². The minimum atomic E-state index is 0.623. The van der Waals surface area contributed by atoms with Gasteiger partial charge >= 0.3 is 0 Å². The van der Waals surface area contributed by atoms with Crippen molar-refractivity contribution in [2.75, 3.05) is 13.1 Å². The summed E-state index contributed by atoms with van der Waals surface area (Å²) in [4.78, 5) is 15.2. The van der Waals surface area contributed by atoms with Crippen molar-refractivity contribution in [1.82, 2.24) is 19.9 Å². The molecule has 1 N–H and O–H groups in total. The van der Waals surface area contributed by atoms with Crippen LogP contribution in [0.1, 0.15) is 41.4 Å². The van der Waals surface area contributed by atoms with E-state index in [-0.39, 0.29) is 0 Å². The highest BCUT2D eigenvalue weighted by Crippen LogP contribution is 2.41. The number of aromatic nitrogens is 3. The average molecular weight is 318 g/mol. The molecule has 0 radical (unpaired) electrons. The van der Waals surface area contributed by atoms with Crippen LogP contribution in [0.25, 0.3) is 10.9 Å². The predicted molar refractivity (Wildman–Crippen MR) is 95.0 cm³/mol. The molecular formula is C20H22N4. The standard InChI is InChI=1S/C20H22N4/c1-2-18-19-15-7-11-22-17(4-3-14-5-9-21-10-6-14)20(15)23-16(19)8-13-24(18)12-1/h5-7,9-11,18,23H,1-4,8,12-13H2. The molecule has 1 saturated heterocycles. The average Bonchev–Trinajstić information content (AvgIpc) is 3.24. The second-order valence-electron chi connectivity index (χ2n) is 7.00. The Balaban J connectivity index is 1.52. The van der Waals surface area contributed by atoms with Crippen molar-refractivity contribution < 1.29 is 0 Å². The fourth-order valence-electron chi connectivity index (χ4n) is 4.51. The van der Waals surface area contributed by atoms with Gasteiger partial charge in [0.05, 0.1) is 11.2 Å². The van der Waals surface area contributed by atoms with E-state index in [1.807, 2.05) is 18.6 Å². The Morgan fingerprint density at radius 1 is 1.08 bits per heavy atom. The lowest BCUT2D eigenvalue weighted by Crippen LogP contribution is -2.30. The van der Waals surface area contributed by atoms with E-state index >= 15 is 0 Å². The lowest BCUT2D eigenvalue weighted by molar-refractivity contribution is 0.244. The molecule has 1 fully saturated rings. The number of fused-ring (bicyclic) bond motifs is 5. The largest absolute Gasteiger partial charge is 0.357 e. The number of nitrogens with zero attached hydrogens (tertiary/aromatic N) is 3. The number of hydrogen-bond donors (Lipinski definition) is 1. The third kappa shape index (κ3) is 2.25. The van der Waals surface area contributed by atoms with Crippen molar-refractivity contribution in [3.8, 4) is 0 Å². The molecule has 0 aromatic carbocycles. The molecule has 5 rings (SSSR count). The zero-order valence-electron chi connectivity index (χ0n) is 13.8. The van der Waals surface area contributed by atoms with Crippen molar-refractivity contribution in [2.45, 2.75) is 38.1 Å². The monoisotopic (exact) mass is 318 g/mol. The Morgan fingerprint density at radius 2 is 2.00 bits per heavy atom. The molecule has 5 heterocycles. The van der Waals surface area contributed by atoms with Crippen LogP contribution in [0.4, 0.5) is 0 Å². The lowest BCUT2D eigenvalue weighted by Gasteiger charge is -2.29. The summed E-state index contributed by atoms with van der Waals surface area (Å²) in [5, 5.41) is 1.40. The highest BCUT2D eigenvalue weighted by molar-refractivity contribution is 5.87. The van der Waals surface area contributed by atoms with Crippen LogP contribution >= 0.6 is 0 Å². The topological polar surface area (TPSA) is 44.8 Å². The molecule has 0 amide bonds. The van der Waals surface area contributed by atoms with Crippen molar-refractivity contribution in [3.05, 3.63) is 59.3 Å². The maximum Gasteiger partial charge on any atom is 0.0678 e. The van der Waals surface area contributed by atoms with Crippen molar-refractivity contribution >= 4 is 10.9 Å². The van der Waals surface area contributed by atoms with Gasteiger partial charge in [-0.3, -0.25) is 14.9 Å². The Morgan fingerprint density at radius 3 is 2.92 bits per heavy atom. The first kappa shape index (κ1) is 14.2. The first-order valence-corrected chi connectivity index (χ1v) is 9.01. The molecule has 2 aliphatic rings. The van der Waals surface area contributed by atoms with Gasteiger partial charge in [0, 0.05) is 48.7 Å². The van der Waals surface area contributed by atoms with Gasteiger partial charge in [-0.1, -0.05) is 0 Å². The van der Waals surface area contributed by atoms with Crippen LogP contribution in [-0.4, -0.2) is 32.9 Å². The van der Waals surface area contributed by atoms with E-state index in [2.05, 4.69) is 33.1 Å². The van der Waals surface area contributed by atoms with Gasteiger partial charge in [-0.15, -0.1) is 0 Å². The van der Waals surface area contributed by atoms with E-state index in [1.165, 1.54) is 53.8 Å². The zero-order valence-corrected chi connectivity index (χ0v) is 13.8. The molecule has 0 bridgehead atoms. The number of aryl methyl sites for hydroxylation is 2. The first-order valence-electron chi connectivity index (χ1n) is 9.01. The summed E-state index contributed by atoms with van der Waals surface area (Å²) >= 11 is 0. The fourth-order valence-corrected chi connectivity index (χ4v) is 4.51. The number of pyridine rings is 2. The highest BCUT2D eigenvalue weighted by atomic mass is 15.2. The normalized spacial score (nSPS) is 20.2. The molecule has 4 nitrogen and oxygen atoms in total. The van der Waals surface area contributed by atoms with Crippen molar-refractivity contribution in [3.63, 3.8) is 0 Å². The van der Waals surface area contributed by atoms with Crippen molar-refractivity contribution in [2.24, 2.45) is 0 Å². The molecule has 3 aromatic rings. The molecular weight excluding hydrogens is 296 g/mol. The van der Waals surface area contributed by atoms with Crippen LogP contribution in [-0.2, 0) is 19.3 Å². The quantitative estimate of drug-likeness (QED) is 0.804. The Labute approximate surface area is 141 Å².